The molecule has 0 aromatic carbocycles. The van der Waals surface area contributed by atoms with Crippen LogP contribution in [0.4, 0.5) is 11.8 Å². The van der Waals surface area contributed by atoms with Gasteiger partial charge >= 0.3 is 0 Å². The van der Waals surface area contributed by atoms with Crippen molar-refractivity contribution in [1.29, 1.82) is 0 Å². The van der Waals surface area contributed by atoms with Crippen LogP contribution in [0.2, 0.25) is 0 Å². The van der Waals surface area contributed by atoms with Gasteiger partial charge in [-0.25, -0.2) is 4.98 Å². The molecule has 87 valence electrons. The van der Waals surface area contributed by atoms with Gasteiger partial charge in [-0.15, -0.1) is 0 Å². The minimum Gasteiger partial charge on any atom is -0.384 e. The van der Waals surface area contributed by atoms with E-state index in [4.69, 9.17) is 5.73 Å². The van der Waals surface area contributed by atoms with E-state index in [0.717, 1.165) is 38.7 Å². The molecule has 0 saturated carbocycles. The molecule has 0 aliphatic carbocycles. The fourth-order valence-corrected chi connectivity index (χ4v) is 1.90. The number of anilines is 2. The summed E-state index contributed by atoms with van der Waals surface area (Å²) < 4.78 is 0. The monoisotopic (exact) mass is 220 g/mol. The van der Waals surface area contributed by atoms with E-state index in [1.807, 2.05) is 0 Å². The molecule has 16 heavy (non-hydrogen) atoms. The molecule has 1 fully saturated rings. The number of nitrogen functional groups attached to an aromatic ring is 1. The predicted molar refractivity (Wildman–Crippen MR) is 65.1 cm³/mol. The topological polar surface area (TPSA) is 58.3 Å². The molecular weight excluding hydrogens is 202 g/mol. The highest BCUT2D eigenvalue weighted by Crippen LogP contribution is 2.11. The van der Waals surface area contributed by atoms with Crippen LogP contribution < -0.4 is 10.6 Å². The Bertz CT molecular complexity index is 333. The molecule has 2 N–H and O–H groups in total. The normalized spacial score (nSPS) is 17.7. The molecule has 0 atom stereocenters. The van der Waals surface area contributed by atoms with E-state index in [1.165, 1.54) is 0 Å². The Morgan fingerprint density at radius 2 is 2.12 bits per heavy atom. The van der Waals surface area contributed by atoms with Crippen molar-refractivity contribution in [3.8, 4) is 0 Å². The van der Waals surface area contributed by atoms with E-state index >= 15 is 0 Å². The van der Waals surface area contributed by atoms with E-state index in [-0.39, 0.29) is 0 Å². The average Bonchev–Trinajstić information content (AvgIpc) is 2.30. The van der Waals surface area contributed by atoms with Crippen molar-refractivity contribution < 1.29 is 0 Å². The molecule has 1 aromatic heterocycles. The van der Waals surface area contributed by atoms with Crippen LogP contribution in [-0.2, 0) is 0 Å². The van der Waals surface area contributed by atoms with Gasteiger partial charge in [0.25, 0.3) is 0 Å². The van der Waals surface area contributed by atoms with E-state index < -0.39 is 0 Å². The van der Waals surface area contributed by atoms with Crippen LogP contribution in [0.1, 0.15) is 6.92 Å². The summed E-state index contributed by atoms with van der Waals surface area (Å²) in [6.45, 7) is 7.21. The van der Waals surface area contributed by atoms with Crippen LogP contribution in [0.15, 0.2) is 12.3 Å². The number of hydrogen-bond acceptors (Lipinski definition) is 5. The first-order valence-corrected chi connectivity index (χ1v) is 5.63. The summed E-state index contributed by atoms with van der Waals surface area (Å²) in [5.41, 5.74) is 5.65. The highest BCUT2D eigenvalue weighted by Gasteiger charge is 2.17. The van der Waals surface area contributed by atoms with Gasteiger partial charge in [0.15, 0.2) is 0 Å². The fourth-order valence-electron chi connectivity index (χ4n) is 1.90. The number of nitrogens with zero attached hydrogens (tertiary/aromatic N) is 4. The van der Waals surface area contributed by atoms with Crippen LogP contribution in [-0.4, -0.2) is 47.6 Å². The molecule has 0 unspecified atom stereocenters. The Balaban J connectivity index is 1.94. The van der Waals surface area contributed by atoms with Gasteiger partial charge in [-0.2, -0.15) is 4.98 Å². The van der Waals surface area contributed by atoms with Gasteiger partial charge in [0.2, 0.25) is 5.95 Å². The summed E-state index contributed by atoms with van der Waals surface area (Å²) in [5, 5.41) is 0. The molecule has 5 nitrogen and oxygen atoms in total. The molecule has 1 aliphatic rings. The second kappa shape index (κ2) is 5.12. The molecule has 2 rings (SSSR count). The van der Waals surface area contributed by atoms with E-state index in [2.05, 4.69) is 33.1 Å². The standard InChI is InChI=1S/C11H18N5/c1-2-5-15-6-8-16(9-7-15)11-13-4-3-10(12)14-11/h2-4H,5-9H2,1H3,(H2,12,13,14). The van der Waals surface area contributed by atoms with Crippen molar-refractivity contribution in [1.82, 2.24) is 14.9 Å². The van der Waals surface area contributed by atoms with Crippen LogP contribution in [0.3, 0.4) is 0 Å². The largest absolute Gasteiger partial charge is 0.384 e. The first-order chi connectivity index (χ1) is 7.79. The van der Waals surface area contributed by atoms with Gasteiger partial charge in [-0.1, -0.05) is 6.92 Å². The third-order valence-corrected chi connectivity index (χ3v) is 2.76. The predicted octanol–water partition coefficient (Wildman–Crippen LogP) is 0.405. The summed E-state index contributed by atoms with van der Waals surface area (Å²) in [6.07, 6.45) is 3.90. The maximum Gasteiger partial charge on any atom is 0.227 e. The summed E-state index contributed by atoms with van der Waals surface area (Å²) in [7, 11) is 0. The summed E-state index contributed by atoms with van der Waals surface area (Å²) in [6, 6.07) is 1.71. The molecule has 1 radical (unpaired) electrons. The van der Waals surface area contributed by atoms with Crippen LogP contribution in [0.5, 0.6) is 0 Å². The van der Waals surface area contributed by atoms with E-state index in [1.54, 1.807) is 12.3 Å². The van der Waals surface area contributed by atoms with Crippen LogP contribution in [0, 0.1) is 6.42 Å². The minimum atomic E-state index is 0.536. The van der Waals surface area contributed by atoms with E-state index in [9.17, 15) is 0 Å². The average molecular weight is 220 g/mol. The first kappa shape index (κ1) is 11.1. The van der Waals surface area contributed by atoms with Gasteiger partial charge in [0.05, 0.1) is 0 Å². The molecule has 0 spiro atoms. The third kappa shape index (κ3) is 2.61. The number of nitrogens with two attached hydrogens (primary N) is 1. The smallest absolute Gasteiger partial charge is 0.227 e. The fraction of sp³-hybridized carbons (Fsp3) is 0.545. The second-order valence-electron chi connectivity index (χ2n) is 3.98. The molecule has 0 bridgehead atoms. The Morgan fingerprint density at radius 1 is 1.38 bits per heavy atom. The van der Waals surface area contributed by atoms with Crippen molar-refractivity contribution >= 4 is 11.8 Å². The van der Waals surface area contributed by atoms with Gasteiger partial charge < -0.3 is 10.6 Å². The number of aromatic nitrogens is 2. The Labute approximate surface area is 96.3 Å². The molecule has 1 saturated heterocycles. The zero-order valence-corrected chi connectivity index (χ0v) is 9.63. The lowest BCUT2D eigenvalue weighted by molar-refractivity contribution is 0.275. The van der Waals surface area contributed by atoms with Gasteiger partial charge in [0.1, 0.15) is 5.82 Å². The summed E-state index contributed by atoms with van der Waals surface area (Å²) in [5.74, 6) is 1.29. The number of hydrogen-bond donors (Lipinski definition) is 1. The molecule has 1 aliphatic heterocycles. The quantitative estimate of drug-likeness (QED) is 0.799. The van der Waals surface area contributed by atoms with Gasteiger partial charge in [0, 0.05) is 38.9 Å². The third-order valence-electron chi connectivity index (χ3n) is 2.76. The Morgan fingerprint density at radius 3 is 2.75 bits per heavy atom. The molecule has 0 amide bonds. The lowest BCUT2D eigenvalue weighted by Crippen LogP contribution is -2.47. The maximum absolute atomic E-state index is 5.65. The molecular formula is C11H18N5. The van der Waals surface area contributed by atoms with Crippen molar-refractivity contribution in [2.24, 2.45) is 0 Å². The van der Waals surface area contributed by atoms with Gasteiger partial charge in [-0.05, 0) is 12.5 Å². The van der Waals surface area contributed by atoms with Crippen molar-refractivity contribution in [2.45, 2.75) is 6.92 Å². The Kier molecular flexibility index (Phi) is 3.56. The minimum absolute atomic E-state index is 0.536. The summed E-state index contributed by atoms with van der Waals surface area (Å²) in [4.78, 5) is 13.1. The van der Waals surface area contributed by atoms with Crippen LogP contribution in [0.25, 0.3) is 0 Å². The highest BCUT2D eigenvalue weighted by atomic mass is 15.3. The van der Waals surface area contributed by atoms with Crippen molar-refractivity contribution in [2.75, 3.05) is 43.4 Å². The number of rotatable bonds is 3. The maximum atomic E-state index is 5.65. The first-order valence-electron chi connectivity index (χ1n) is 5.63. The molecule has 1 aromatic rings. The molecule has 2 heterocycles. The summed E-state index contributed by atoms with van der Waals surface area (Å²) >= 11 is 0. The highest BCUT2D eigenvalue weighted by molar-refractivity contribution is 5.38. The molecule has 5 heteroatoms. The lowest BCUT2D eigenvalue weighted by Gasteiger charge is -2.34. The van der Waals surface area contributed by atoms with Crippen LogP contribution >= 0.6 is 0 Å². The zero-order valence-electron chi connectivity index (χ0n) is 9.63. The van der Waals surface area contributed by atoms with Crippen molar-refractivity contribution in [3.63, 3.8) is 0 Å². The number of piperazine rings is 1. The Hall–Kier alpha value is -1.36. The van der Waals surface area contributed by atoms with Crippen molar-refractivity contribution in [3.05, 3.63) is 18.7 Å². The zero-order chi connectivity index (χ0) is 11.4. The van der Waals surface area contributed by atoms with E-state index in [0.29, 0.717) is 5.82 Å². The SMILES string of the molecule is C[CH]CN1CCN(c2nccc(N)n2)CC1. The second-order valence-corrected chi connectivity index (χ2v) is 3.98. The lowest BCUT2D eigenvalue weighted by atomic mass is 10.3. The van der Waals surface area contributed by atoms with Gasteiger partial charge in [-0.3, -0.25) is 4.90 Å².